The second-order valence-corrected chi connectivity index (χ2v) is 5.64. The Labute approximate surface area is 113 Å². The van der Waals surface area contributed by atoms with Crippen LogP contribution in [0.4, 0.5) is 0 Å². The Bertz CT molecular complexity index is 177. The molecule has 0 amide bonds. The van der Waals surface area contributed by atoms with E-state index in [9.17, 15) is 0 Å². The van der Waals surface area contributed by atoms with Gasteiger partial charge in [-0.05, 0) is 57.0 Å². The molecule has 3 nitrogen and oxygen atoms in total. The van der Waals surface area contributed by atoms with Gasteiger partial charge in [-0.1, -0.05) is 19.8 Å². The Morgan fingerprint density at radius 2 is 2.06 bits per heavy atom. The van der Waals surface area contributed by atoms with Crippen LogP contribution in [0.25, 0.3) is 0 Å². The van der Waals surface area contributed by atoms with Crippen LogP contribution in [0.1, 0.15) is 51.9 Å². The second-order valence-electron chi connectivity index (χ2n) is 5.64. The van der Waals surface area contributed by atoms with Crippen molar-refractivity contribution in [3.05, 3.63) is 0 Å². The molecule has 1 aliphatic carbocycles. The molecule has 1 atom stereocenters. The van der Waals surface area contributed by atoms with Crippen LogP contribution in [0.15, 0.2) is 0 Å². The Morgan fingerprint density at radius 3 is 2.72 bits per heavy atom. The van der Waals surface area contributed by atoms with Gasteiger partial charge in [0.2, 0.25) is 0 Å². The van der Waals surface area contributed by atoms with Gasteiger partial charge in [-0.3, -0.25) is 0 Å². The van der Waals surface area contributed by atoms with E-state index >= 15 is 0 Å². The van der Waals surface area contributed by atoms with Gasteiger partial charge in [0.25, 0.3) is 0 Å². The summed E-state index contributed by atoms with van der Waals surface area (Å²) in [6.07, 6.45) is 9.17. The lowest BCUT2D eigenvalue weighted by Crippen LogP contribution is -2.22. The molecule has 1 fully saturated rings. The first-order chi connectivity index (χ1) is 8.86. The summed E-state index contributed by atoms with van der Waals surface area (Å²) in [5.74, 6) is 1.73. The zero-order chi connectivity index (χ0) is 13.1. The van der Waals surface area contributed by atoms with Crippen LogP contribution in [-0.2, 0) is 4.74 Å². The van der Waals surface area contributed by atoms with E-state index in [1.807, 2.05) is 0 Å². The minimum atomic E-state index is 0.840. The first-order valence-electron chi connectivity index (χ1n) is 7.85. The molecule has 18 heavy (non-hydrogen) atoms. The van der Waals surface area contributed by atoms with Gasteiger partial charge >= 0.3 is 0 Å². The number of nitrogens with two attached hydrogens (primary N) is 1. The molecule has 0 radical (unpaired) electrons. The highest BCUT2D eigenvalue weighted by Gasteiger charge is 2.20. The van der Waals surface area contributed by atoms with Gasteiger partial charge in [-0.15, -0.1) is 0 Å². The number of nitrogens with one attached hydrogen (secondary N) is 1. The summed E-state index contributed by atoms with van der Waals surface area (Å²) in [6, 6.07) is 0. The van der Waals surface area contributed by atoms with Gasteiger partial charge in [0.15, 0.2) is 0 Å². The Hall–Kier alpha value is -0.120. The molecule has 0 heterocycles. The van der Waals surface area contributed by atoms with Crippen molar-refractivity contribution in [1.29, 1.82) is 0 Å². The lowest BCUT2D eigenvalue weighted by molar-refractivity contribution is 0.126. The van der Waals surface area contributed by atoms with Crippen LogP contribution in [0.2, 0.25) is 0 Å². The molecular weight excluding hydrogens is 224 g/mol. The lowest BCUT2D eigenvalue weighted by Gasteiger charge is -2.15. The average Bonchev–Trinajstić information content (AvgIpc) is 3.17. The van der Waals surface area contributed by atoms with Gasteiger partial charge in [-0.25, -0.2) is 0 Å². The zero-order valence-corrected chi connectivity index (χ0v) is 12.1. The van der Waals surface area contributed by atoms with Crippen LogP contribution in [0.5, 0.6) is 0 Å². The van der Waals surface area contributed by atoms with Crippen LogP contribution in [0, 0.1) is 11.8 Å². The first kappa shape index (κ1) is 15.9. The summed E-state index contributed by atoms with van der Waals surface area (Å²) in [5.41, 5.74) is 5.64. The number of hydrogen-bond donors (Lipinski definition) is 2. The van der Waals surface area contributed by atoms with E-state index in [1.54, 1.807) is 0 Å². The summed E-state index contributed by atoms with van der Waals surface area (Å²) in [4.78, 5) is 0. The maximum absolute atomic E-state index is 5.64. The van der Waals surface area contributed by atoms with Crippen LogP contribution in [-0.4, -0.2) is 32.8 Å². The van der Waals surface area contributed by atoms with Crippen molar-refractivity contribution in [2.24, 2.45) is 17.6 Å². The standard InChI is InChI=1S/C15H32N2O/c1-2-4-14(8-9-16)5-3-10-17-11-12-18-13-15-6-7-15/h14-15,17H,2-13,16H2,1H3. The van der Waals surface area contributed by atoms with Gasteiger partial charge in [0.05, 0.1) is 6.61 Å². The molecule has 0 aromatic heterocycles. The maximum Gasteiger partial charge on any atom is 0.0591 e. The minimum Gasteiger partial charge on any atom is -0.380 e. The minimum absolute atomic E-state index is 0.840. The van der Waals surface area contributed by atoms with Crippen molar-refractivity contribution < 1.29 is 4.74 Å². The highest BCUT2D eigenvalue weighted by Crippen LogP contribution is 2.28. The fraction of sp³-hybridized carbons (Fsp3) is 1.00. The van der Waals surface area contributed by atoms with Crippen molar-refractivity contribution in [2.75, 3.05) is 32.8 Å². The van der Waals surface area contributed by atoms with Gasteiger partial charge in [0, 0.05) is 13.2 Å². The molecule has 0 aromatic rings. The van der Waals surface area contributed by atoms with E-state index in [2.05, 4.69) is 12.2 Å². The second kappa shape index (κ2) is 10.8. The summed E-state index contributed by atoms with van der Waals surface area (Å²) in [7, 11) is 0. The Balaban J connectivity index is 1.80. The molecule has 0 spiro atoms. The Morgan fingerprint density at radius 1 is 1.22 bits per heavy atom. The molecule has 1 rings (SSSR count). The number of ether oxygens (including phenoxy) is 1. The third kappa shape index (κ3) is 8.90. The van der Waals surface area contributed by atoms with Crippen LogP contribution >= 0.6 is 0 Å². The Kier molecular flexibility index (Phi) is 9.54. The van der Waals surface area contributed by atoms with Crippen molar-refractivity contribution in [1.82, 2.24) is 5.32 Å². The smallest absolute Gasteiger partial charge is 0.0591 e. The molecule has 0 bridgehead atoms. The van der Waals surface area contributed by atoms with E-state index < -0.39 is 0 Å². The zero-order valence-electron chi connectivity index (χ0n) is 12.1. The molecule has 1 unspecified atom stereocenters. The number of hydrogen-bond acceptors (Lipinski definition) is 3. The predicted octanol–water partition coefficient (Wildman–Crippen LogP) is 2.55. The van der Waals surface area contributed by atoms with Gasteiger partial charge < -0.3 is 15.8 Å². The maximum atomic E-state index is 5.64. The highest BCUT2D eigenvalue weighted by molar-refractivity contribution is 4.71. The van der Waals surface area contributed by atoms with Gasteiger partial charge in [0.1, 0.15) is 0 Å². The lowest BCUT2D eigenvalue weighted by atomic mass is 9.94. The fourth-order valence-corrected chi connectivity index (χ4v) is 2.40. The average molecular weight is 256 g/mol. The summed E-state index contributed by atoms with van der Waals surface area (Å²) in [6.45, 7) is 7.08. The molecule has 108 valence electrons. The van der Waals surface area contributed by atoms with Crippen molar-refractivity contribution in [2.45, 2.75) is 51.9 Å². The fourth-order valence-electron chi connectivity index (χ4n) is 2.40. The van der Waals surface area contributed by atoms with Crippen molar-refractivity contribution in [3.8, 4) is 0 Å². The van der Waals surface area contributed by atoms with E-state index in [1.165, 1.54) is 44.9 Å². The van der Waals surface area contributed by atoms with Crippen molar-refractivity contribution in [3.63, 3.8) is 0 Å². The summed E-state index contributed by atoms with van der Waals surface area (Å²) in [5, 5.41) is 3.46. The quantitative estimate of drug-likeness (QED) is 0.498. The van der Waals surface area contributed by atoms with Crippen LogP contribution in [0.3, 0.4) is 0 Å². The normalized spacial score (nSPS) is 17.0. The third-order valence-electron chi connectivity index (χ3n) is 3.71. The number of rotatable bonds is 13. The topological polar surface area (TPSA) is 47.3 Å². The summed E-state index contributed by atoms with van der Waals surface area (Å²) < 4.78 is 5.58. The molecular formula is C15H32N2O. The van der Waals surface area contributed by atoms with E-state index in [-0.39, 0.29) is 0 Å². The first-order valence-corrected chi connectivity index (χ1v) is 7.85. The molecule has 1 aliphatic rings. The largest absolute Gasteiger partial charge is 0.380 e. The monoisotopic (exact) mass is 256 g/mol. The van der Waals surface area contributed by atoms with E-state index in [0.717, 1.165) is 44.7 Å². The van der Waals surface area contributed by atoms with Crippen molar-refractivity contribution >= 4 is 0 Å². The van der Waals surface area contributed by atoms with E-state index in [4.69, 9.17) is 10.5 Å². The van der Waals surface area contributed by atoms with Crippen LogP contribution < -0.4 is 11.1 Å². The highest BCUT2D eigenvalue weighted by atomic mass is 16.5. The summed E-state index contributed by atoms with van der Waals surface area (Å²) >= 11 is 0. The third-order valence-corrected chi connectivity index (χ3v) is 3.71. The molecule has 1 saturated carbocycles. The molecule has 3 heteroatoms. The molecule has 0 aromatic carbocycles. The molecule has 0 saturated heterocycles. The molecule has 3 N–H and O–H groups in total. The predicted molar refractivity (Wildman–Crippen MR) is 77.7 cm³/mol. The SMILES string of the molecule is CCCC(CCN)CCCNCCOCC1CC1. The van der Waals surface area contributed by atoms with E-state index in [0.29, 0.717) is 0 Å². The van der Waals surface area contributed by atoms with Gasteiger partial charge in [-0.2, -0.15) is 0 Å². The molecule has 0 aliphatic heterocycles.